The maximum Gasteiger partial charge on any atom is 0.253 e. The molecule has 0 saturated carbocycles. The minimum atomic E-state index is -0.283. The second-order valence-corrected chi connectivity index (χ2v) is 6.26. The molecule has 0 N–H and O–H groups in total. The van der Waals surface area contributed by atoms with Crippen LogP contribution in [0.2, 0.25) is 0 Å². The van der Waals surface area contributed by atoms with Crippen LogP contribution in [0.25, 0.3) is 0 Å². The SMILES string of the molecule is CCC(C(=O)N1CCN(C(=O)c2ccc(OC)cc2)CC1)n1cccn1. The third-order valence-corrected chi connectivity index (χ3v) is 4.73. The fraction of sp³-hybridized carbons (Fsp3) is 0.421. The molecular weight excluding hydrogens is 332 g/mol. The van der Waals surface area contributed by atoms with Gasteiger partial charge in [-0.1, -0.05) is 6.92 Å². The van der Waals surface area contributed by atoms with Crippen LogP contribution in [-0.4, -0.2) is 64.7 Å². The molecule has 2 heterocycles. The first-order valence-corrected chi connectivity index (χ1v) is 8.85. The fourth-order valence-corrected chi connectivity index (χ4v) is 3.20. The summed E-state index contributed by atoms with van der Waals surface area (Å²) in [5.74, 6) is 0.771. The molecule has 1 aliphatic heterocycles. The number of carbonyl (C=O) groups is 2. The largest absolute Gasteiger partial charge is 0.497 e. The van der Waals surface area contributed by atoms with Crippen LogP contribution in [0.1, 0.15) is 29.7 Å². The van der Waals surface area contributed by atoms with E-state index < -0.39 is 0 Å². The summed E-state index contributed by atoms with van der Waals surface area (Å²) in [5.41, 5.74) is 0.633. The van der Waals surface area contributed by atoms with Gasteiger partial charge in [-0.25, -0.2) is 0 Å². The maximum absolute atomic E-state index is 12.8. The van der Waals surface area contributed by atoms with Crippen LogP contribution in [0, 0.1) is 0 Å². The number of hydrogen-bond acceptors (Lipinski definition) is 4. The maximum atomic E-state index is 12.8. The first-order valence-electron chi connectivity index (χ1n) is 8.85. The predicted molar refractivity (Wildman–Crippen MR) is 97.0 cm³/mol. The lowest BCUT2D eigenvalue weighted by atomic mass is 10.1. The lowest BCUT2D eigenvalue weighted by Crippen LogP contribution is -2.52. The number of methoxy groups -OCH3 is 1. The van der Waals surface area contributed by atoms with Gasteiger partial charge in [0.05, 0.1) is 7.11 Å². The van der Waals surface area contributed by atoms with Gasteiger partial charge in [-0.3, -0.25) is 14.3 Å². The standard InChI is InChI=1S/C19H24N4O3/c1-3-17(23-10-4-9-20-23)19(25)22-13-11-21(12-14-22)18(24)15-5-7-16(26-2)8-6-15/h4-10,17H,3,11-14H2,1-2H3. The molecule has 1 aromatic carbocycles. The van der Waals surface area contributed by atoms with Crippen molar-refractivity contribution in [3.8, 4) is 5.75 Å². The molecule has 2 aromatic rings. The molecule has 1 fully saturated rings. The normalized spacial score (nSPS) is 15.6. The quantitative estimate of drug-likeness (QED) is 0.820. The van der Waals surface area contributed by atoms with Crippen molar-refractivity contribution in [3.63, 3.8) is 0 Å². The van der Waals surface area contributed by atoms with E-state index in [1.165, 1.54) is 0 Å². The van der Waals surface area contributed by atoms with Crippen LogP contribution in [0.15, 0.2) is 42.7 Å². The lowest BCUT2D eigenvalue weighted by Gasteiger charge is -2.36. The Balaban J connectivity index is 1.59. The summed E-state index contributed by atoms with van der Waals surface area (Å²) in [6.07, 6.45) is 4.18. The highest BCUT2D eigenvalue weighted by molar-refractivity contribution is 5.94. The molecule has 138 valence electrons. The number of nitrogens with zero attached hydrogens (tertiary/aromatic N) is 4. The number of ether oxygens (including phenoxy) is 1. The Morgan fingerprint density at radius 2 is 1.77 bits per heavy atom. The van der Waals surface area contributed by atoms with Gasteiger partial charge >= 0.3 is 0 Å². The molecule has 3 rings (SSSR count). The molecule has 1 saturated heterocycles. The zero-order chi connectivity index (χ0) is 18.5. The number of amides is 2. The predicted octanol–water partition coefficient (Wildman–Crippen LogP) is 1.83. The summed E-state index contributed by atoms with van der Waals surface area (Å²) in [6.45, 7) is 4.13. The van der Waals surface area contributed by atoms with Crippen molar-refractivity contribution >= 4 is 11.8 Å². The number of hydrogen-bond donors (Lipinski definition) is 0. The first-order chi connectivity index (χ1) is 12.6. The number of carbonyl (C=O) groups excluding carboxylic acids is 2. The summed E-state index contributed by atoms with van der Waals surface area (Å²) >= 11 is 0. The minimum absolute atomic E-state index is 0.0149. The minimum Gasteiger partial charge on any atom is -0.497 e. The van der Waals surface area contributed by atoms with Gasteiger partial charge in [-0.05, 0) is 36.8 Å². The van der Waals surface area contributed by atoms with E-state index in [4.69, 9.17) is 4.74 Å². The zero-order valence-corrected chi connectivity index (χ0v) is 15.2. The number of benzene rings is 1. The van der Waals surface area contributed by atoms with E-state index in [0.717, 1.165) is 5.75 Å². The van der Waals surface area contributed by atoms with E-state index in [0.29, 0.717) is 38.2 Å². The van der Waals surface area contributed by atoms with Gasteiger partial charge in [0.2, 0.25) is 5.91 Å². The topological polar surface area (TPSA) is 67.7 Å². The molecule has 26 heavy (non-hydrogen) atoms. The van der Waals surface area contributed by atoms with Gasteiger partial charge in [-0.2, -0.15) is 5.10 Å². The molecule has 0 spiro atoms. The van der Waals surface area contributed by atoms with Crippen molar-refractivity contribution < 1.29 is 14.3 Å². The van der Waals surface area contributed by atoms with Gasteiger partial charge in [0.1, 0.15) is 11.8 Å². The highest BCUT2D eigenvalue weighted by Gasteiger charge is 2.29. The van der Waals surface area contributed by atoms with Gasteiger partial charge in [-0.15, -0.1) is 0 Å². The van der Waals surface area contributed by atoms with E-state index >= 15 is 0 Å². The van der Waals surface area contributed by atoms with Crippen LogP contribution in [0.3, 0.4) is 0 Å². The highest BCUT2D eigenvalue weighted by atomic mass is 16.5. The van der Waals surface area contributed by atoms with Gasteiger partial charge in [0, 0.05) is 44.1 Å². The van der Waals surface area contributed by atoms with Crippen molar-refractivity contribution in [1.29, 1.82) is 0 Å². The first kappa shape index (κ1) is 18.0. The van der Waals surface area contributed by atoms with Gasteiger partial charge in [0.15, 0.2) is 0 Å². The summed E-state index contributed by atoms with van der Waals surface area (Å²) < 4.78 is 6.83. The average molecular weight is 356 g/mol. The average Bonchev–Trinajstić information content (AvgIpc) is 3.22. The van der Waals surface area contributed by atoms with Crippen molar-refractivity contribution in [3.05, 3.63) is 48.3 Å². The second-order valence-electron chi connectivity index (χ2n) is 6.26. The van der Waals surface area contributed by atoms with Crippen molar-refractivity contribution in [2.24, 2.45) is 0 Å². The zero-order valence-electron chi connectivity index (χ0n) is 15.2. The van der Waals surface area contributed by atoms with E-state index in [-0.39, 0.29) is 17.9 Å². The van der Waals surface area contributed by atoms with E-state index in [1.807, 2.05) is 24.1 Å². The Labute approximate surface area is 153 Å². The van der Waals surface area contributed by atoms with Crippen molar-refractivity contribution in [2.45, 2.75) is 19.4 Å². The van der Waals surface area contributed by atoms with Crippen molar-refractivity contribution in [1.82, 2.24) is 19.6 Å². The molecule has 7 heteroatoms. The smallest absolute Gasteiger partial charge is 0.253 e. The molecule has 0 aliphatic carbocycles. The monoisotopic (exact) mass is 356 g/mol. The molecule has 2 amide bonds. The van der Waals surface area contributed by atoms with E-state index in [1.54, 1.807) is 47.2 Å². The van der Waals surface area contributed by atoms with Gasteiger partial charge in [0.25, 0.3) is 5.91 Å². The number of aromatic nitrogens is 2. The van der Waals surface area contributed by atoms with Crippen LogP contribution >= 0.6 is 0 Å². The second kappa shape index (κ2) is 8.03. The number of rotatable bonds is 5. The highest BCUT2D eigenvalue weighted by Crippen LogP contribution is 2.17. The lowest BCUT2D eigenvalue weighted by molar-refractivity contribution is -0.136. The van der Waals surface area contributed by atoms with Crippen LogP contribution in [0.5, 0.6) is 5.75 Å². The van der Waals surface area contributed by atoms with Crippen LogP contribution in [-0.2, 0) is 4.79 Å². The Morgan fingerprint density at radius 1 is 1.12 bits per heavy atom. The molecular formula is C19H24N4O3. The fourth-order valence-electron chi connectivity index (χ4n) is 3.20. The van der Waals surface area contributed by atoms with Crippen LogP contribution < -0.4 is 4.74 Å². The molecule has 1 aromatic heterocycles. The van der Waals surface area contributed by atoms with Gasteiger partial charge < -0.3 is 14.5 Å². The summed E-state index contributed by atoms with van der Waals surface area (Å²) in [5, 5.41) is 4.19. The molecule has 1 unspecified atom stereocenters. The van der Waals surface area contributed by atoms with E-state index in [2.05, 4.69) is 5.10 Å². The summed E-state index contributed by atoms with van der Waals surface area (Å²) in [6, 6.07) is 8.63. The molecule has 1 atom stereocenters. The van der Waals surface area contributed by atoms with E-state index in [9.17, 15) is 9.59 Å². The third-order valence-electron chi connectivity index (χ3n) is 4.73. The number of piperazine rings is 1. The summed E-state index contributed by atoms with van der Waals surface area (Å²) in [4.78, 5) is 29.0. The summed E-state index contributed by atoms with van der Waals surface area (Å²) in [7, 11) is 1.60. The molecule has 0 radical (unpaired) electrons. The molecule has 1 aliphatic rings. The Kier molecular flexibility index (Phi) is 5.55. The molecule has 0 bridgehead atoms. The van der Waals surface area contributed by atoms with Crippen LogP contribution in [0.4, 0.5) is 0 Å². The Bertz CT molecular complexity index is 735. The molecule has 7 nitrogen and oxygen atoms in total. The Morgan fingerprint density at radius 3 is 2.31 bits per heavy atom. The third kappa shape index (κ3) is 3.71. The van der Waals surface area contributed by atoms with Crippen molar-refractivity contribution in [2.75, 3.05) is 33.3 Å². The Hall–Kier alpha value is -2.83.